The predicted molar refractivity (Wildman–Crippen MR) is 234 cm³/mol. The van der Waals surface area contributed by atoms with Gasteiger partial charge in [0, 0.05) is 53.2 Å². The minimum atomic E-state index is 0.161. The van der Waals surface area contributed by atoms with Crippen molar-refractivity contribution in [2.24, 2.45) is 0 Å². The summed E-state index contributed by atoms with van der Waals surface area (Å²) in [5.74, 6) is 1.42. The standard InChI is InChI=1S/C45H22B5N3OS/c46-35-34(36(47)38(49)39(50)37(35)48)24-12-6-13-25(22-24)44-51-43(23-10-2-1-3-11-23)52-45(53-44)32-20-8-16-28-27-15-7-17-29(40(27)54-41(28)32)31-19-9-18-30-26-14-4-5-21-33(26)55-42(30)31/h1-22H. The molecule has 0 aliphatic heterocycles. The summed E-state index contributed by atoms with van der Waals surface area (Å²) in [6, 6.07) is 44.9. The molecule has 0 bridgehead atoms. The SMILES string of the molecule is [B]c1c([B])c([B])c(-c2cccc(-c3nc(-c4ccccc4)nc(-c4cccc5c4oc4c(-c6cccc7c6sc6ccccc67)cccc45)n3)c2)c([B])c1[B]. The van der Waals surface area contributed by atoms with Crippen LogP contribution in [-0.2, 0) is 0 Å². The molecule has 3 aromatic heterocycles. The fraction of sp³-hybridized carbons (Fsp3) is 0. The zero-order chi connectivity index (χ0) is 37.4. The Bertz CT molecular complexity index is 3150. The highest BCUT2D eigenvalue weighted by atomic mass is 32.1. The van der Waals surface area contributed by atoms with Crippen molar-refractivity contribution in [3.05, 3.63) is 133 Å². The molecule has 0 amide bonds. The summed E-state index contributed by atoms with van der Waals surface area (Å²) in [6.07, 6.45) is 0. The minimum absolute atomic E-state index is 0.161. The second kappa shape index (κ2) is 13.0. The Morgan fingerprint density at radius 2 is 0.909 bits per heavy atom. The van der Waals surface area contributed by atoms with Crippen LogP contribution in [0.5, 0.6) is 0 Å². The number of hydrogen-bond donors (Lipinski definition) is 0. The maximum atomic E-state index is 6.92. The van der Waals surface area contributed by atoms with Crippen LogP contribution in [0.1, 0.15) is 0 Å². The van der Waals surface area contributed by atoms with Crippen molar-refractivity contribution in [2.75, 3.05) is 0 Å². The normalized spacial score (nSPS) is 11.6. The fourth-order valence-electron chi connectivity index (χ4n) is 7.48. The molecule has 0 aliphatic carbocycles. The van der Waals surface area contributed by atoms with Gasteiger partial charge < -0.3 is 4.42 Å². The summed E-state index contributed by atoms with van der Waals surface area (Å²) in [5, 5.41) is 4.46. The van der Waals surface area contributed by atoms with E-state index in [0.717, 1.165) is 38.6 Å². The molecule has 10 radical (unpaired) electrons. The van der Waals surface area contributed by atoms with E-state index in [-0.39, 0.29) is 27.3 Å². The third-order valence-electron chi connectivity index (χ3n) is 10.2. The molecule has 0 aliphatic rings. The van der Waals surface area contributed by atoms with Gasteiger partial charge in [-0.2, -0.15) is 0 Å². The van der Waals surface area contributed by atoms with E-state index in [2.05, 4.69) is 66.7 Å². The van der Waals surface area contributed by atoms with Crippen molar-refractivity contribution in [3.63, 3.8) is 0 Å². The first-order valence-corrected chi connectivity index (χ1v) is 18.5. The van der Waals surface area contributed by atoms with E-state index in [4.69, 9.17) is 58.6 Å². The van der Waals surface area contributed by atoms with Crippen molar-refractivity contribution >= 4 is 120 Å². The van der Waals surface area contributed by atoms with Crippen LogP contribution in [0.3, 0.4) is 0 Å². The molecule has 7 aromatic carbocycles. The Kier molecular flexibility index (Phi) is 7.93. The Morgan fingerprint density at radius 3 is 1.65 bits per heavy atom. The molecule has 0 atom stereocenters. The Hall–Kier alpha value is -6.11. The van der Waals surface area contributed by atoms with Gasteiger partial charge >= 0.3 is 0 Å². The summed E-state index contributed by atoms with van der Waals surface area (Å²) in [7, 11) is 31.5. The lowest BCUT2D eigenvalue weighted by Gasteiger charge is -2.21. The average molecular weight is 707 g/mol. The van der Waals surface area contributed by atoms with Crippen LogP contribution in [0.2, 0.25) is 0 Å². The second-order valence-corrected chi connectivity index (χ2v) is 14.5. The van der Waals surface area contributed by atoms with E-state index in [9.17, 15) is 0 Å². The lowest BCUT2D eigenvalue weighted by molar-refractivity contribution is 0.670. The zero-order valence-corrected chi connectivity index (χ0v) is 30.1. The van der Waals surface area contributed by atoms with Gasteiger partial charge in [0.05, 0.1) is 5.56 Å². The molecule has 0 saturated carbocycles. The molecule has 0 unspecified atom stereocenters. The first kappa shape index (κ1) is 33.5. The van der Waals surface area contributed by atoms with Crippen LogP contribution < -0.4 is 27.3 Å². The number of nitrogens with zero attached hydrogens (tertiary/aromatic N) is 3. The second-order valence-electron chi connectivity index (χ2n) is 13.4. The monoisotopic (exact) mass is 707 g/mol. The van der Waals surface area contributed by atoms with Crippen molar-refractivity contribution in [3.8, 4) is 56.4 Å². The lowest BCUT2D eigenvalue weighted by Crippen LogP contribution is -2.55. The maximum Gasteiger partial charge on any atom is 0.167 e. The first-order chi connectivity index (χ1) is 26.9. The molecule has 244 valence electrons. The highest BCUT2D eigenvalue weighted by Crippen LogP contribution is 2.44. The molecule has 3 heterocycles. The molecule has 0 saturated heterocycles. The molecule has 55 heavy (non-hydrogen) atoms. The first-order valence-electron chi connectivity index (χ1n) is 17.6. The number of rotatable bonds is 5. The van der Waals surface area contributed by atoms with Gasteiger partial charge in [0.25, 0.3) is 0 Å². The molecule has 10 heteroatoms. The number of benzene rings is 7. The zero-order valence-electron chi connectivity index (χ0n) is 29.2. The molecule has 10 aromatic rings. The Balaban J connectivity index is 1.17. The summed E-state index contributed by atoms with van der Waals surface area (Å²) >= 11 is 1.80. The van der Waals surface area contributed by atoms with E-state index >= 15 is 0 Å². The van der Waals surface area contributed by atoms with E-state index in [0.29, 0.717) is 39.7 Å². The van der Waals surface area contributed by atoms with Crippen molar-refractivity contribution in [2.45, 2.75) is 0 Å². The fourth-order valence-corrected chi connectivity index (χ4v) is 8.71. The topological polar surface area (TPSA) is 51.8 Å². The lowest BCUT2D eigenvalue weighted by atomic mass is 9.59. The van der Waals surface area contributed by atoms with Gasteiger partial charge in [-0.3, -0.25) is 0 Å². The van der Waals surface area contributed by atoms with Gasteiger partial charge in [0.15, 0.2) is 17.5 Å². The number of thiophene rings is 1. The van der Waals surface area contributed by atoms with Crippen LogP contribution in [0.25, 0.3) is 98.5 Å². The van der Waals surface area contributed by atoms with Crippen molar-refractivity contribution < 1.29 is 4.42 Å². The summed E-state index contributed by atoms with van der Waals surface area (Å²) in [5.41, 5.74) is 8.15. The van der Waals surface area contributed by atoms with Crippen LogP contribution in [0, 0.1) is 0 Å². The highest BCUT2D eigenvalue weighted by Gasteiger charge is 2.21. The predicted octanol–water partition coefficient (Wildman–Crippen LogP) is 6.44. The molecule has 0 spiro atoms. The summed E-state index contributed by atoms with van der Waals surface area (Å²) in [6.45, 7) is 0. The maximum absolute atomic E-state index is 6.92. The van der Waals surface area contributed by atoms with Crippen LogP contribution >= 0.6 is 11.3 Å². The number of furan rings is 1. The van der Waals surface area contributed by atoms with Crippen molar-refractivity contribution in [1.29, 1.82) is 0 Å². The Labute approximate surface area is 327 Å². The molecule has 4 nitrogen and oxygen atoms in total. The summed E-state index contributed by atoms with van der Waals surface area (Å²) < 4.78 is 9.39. The van der Waals surface area contributed by atoms with E-state index in [1.165, 1.54) is 20.2 Å². The van der Waals surface area contributed by atoms with Gasteiger partial charge in [0.2, 0.25) is 0 Å². The third-order valence-corrected chi connectivity index (χ3v) is 11.5. The number of fused-ring (bicyclic) bond motifs is 6. The quantitative estimate of drug-likeness (QED) is 0.194. The number of para-hydroxylation sites is 2. The van der Waals surface area contributed by atoms with E-state index < -0.39 is 0 Å². The Morgan fingerprint density at radius 1 is 0.400 bits per heavy atom. The average Bonchev–Trinajstić information content (AvgIpc) is 3.82. The van der Waals surface area contributed by atoms with Gasteiger partial charge in [-0.05, 0) is 29.3 Å². The van der Waals surface area contributed by atoms with Crippen molar-refractivity contribution in [1.82, 2.24) is 15.0 Å². The highest BCUT2D eigenvalue weighted by molar-refractivity contribution is 7.26. The molecular formula is C45H22B5N3OS. The number of aromatic nitrogens is 3. The van der Waals surface area contributed by atoms with Crippen LogP contribution in [0.15, 0.2) is 138 Å². The largest absolute Gasteiger partial charge is 0.455 e. The van der Waals surface area contributed by atoms with Crippen LogP contribution in [0.4, 0.5) is 0 Å². The van der Waals surface area contributed by atoms with Crippen LogP contribution in [-0.4, -0.2) is 54.2 Å². The molecule has 10 rings (SSSR count). The van der Waals surface area contributed by atoms with Gasteiger partial charge in [-0.1, -0.05) is 126 Å². The molecule has 0 N–H and O–H groups in total. The third kappa shape index (κ3) is 5.38. The summed E-state index contributed by atoms with van der Waals surface area (Å²) in [4.78, 5) is 15.1. The minimum Gasteiger partial charge on any atom is -0.455 e. The molecular weight excluding hydrogens is 685 g/mol. The van der Waals surface area contributed by atoms with E-state index in [1.54, 1.807) is 11.3 Å². The number of hydrogen-bond acceptors (Lipinski definition) is 5. The smallest absolute Gasteiger partial charge is 0.167 e. The molecule has 0 fully saturated rings. The van der Waals surface area contributed by atoms with Gasteiger partial charge in [-0.15, -0.1) is 27.7 Å². The van der Waals surface area contributed by atoms with Gasteiger partial charge in [0.1, 0.15) is 50.4 Å². The van der Waals surface area contributed by atoms with E-state index in [1.807, 2.05) is 66.7 Å². The van der Waals surface area contributed by atoms with Gasteiger partial charge in [-0.25, -0.2) is 15.0 Å².